The molecule has 0 fully saturated rings. The van der Waals surface area contributed by atoms with E-state index in [4.69, 9.17) is 0 Å². The molecule has 94 valence electrons. The highest BCUT2D eigenvalue weighted by atomic mass is 127. The summed E-state index contributed by atoms with van der Waals surface area (Å²) in [5.74, 6) is -0.368. The second kappa shape index (κ2) is 5.36. The van der Waals surface area contributed by atoms with Crippen molar-refractivity contribution in [1.82, 2.24) is 0 Å². The van der Waals surface area contributed by atoms with Crippen LogP contribution in [0.4, 0.5) is 4.39 Å². The Morgan fingerprint density at radius 3 is 2.33 bits per heavy atom. The lowest BCUT2D eigenvalue weighted by atomic mass is 9.89. The predicted molar refractivity (Wildman–Crippen MR) is 78.8 cm³/mol. The average Bonchev–Trinajstić information content (AvgIpc) is 2.32. The van der Waals surface area contributed by atoms with E-state index in [1.807, 2.05) is 24.3 Å². The van der Waals surface area contributed by atoms with Gasteiger partial charge in [0.05, 0.1) is 5.60 Å². The van der Waals surface area contributed by atoms with Crippen LogP contribution in [0.2, 0.25) is 0 Å². The van der Waals surface area contributed by atoms with E-state index in [0.29, 0.717) is 12.0 Å². The van der Waals surface area contributed by atoms with Gasteiger partial charge in [-0.2, -0.15) is 0 Å². The molecule has 2 aromatic rings. The molecule has 1 nitrogen and oxygen atoms in total. The number of aliphatic hydroxyl groups is 1. The van der Waals surface area contributed by atoms with E-state index in [-0.39, 0.29) is 5.82 Å². The van der Waals surface area contributed by atoms with Crippen molar-refractivity contribution in [1.29, 1.82) is 0 Å². The minimum atomic E-state index is -1.20. The van der Waals surface area contributed by atoms with Gasteiger partial charge in [0.25, 0.3) is 0 Å². The molecule has 0 amide bonds. The molecule has 0 aliphatic rings. The second-order valence-electron chi connectivity index (χ2n) is 4.56. The first kappa shape index (κ1) is 13.5. The first-order valence-electron chi connectivity index (χ1n) is 5.71. The minimum Gasteiger partial charge on any atom is -0.385 e. The fraction of sp³-hybridized carbons (Fsp3) is 0.200. The Morgan fingerprint density at radius 2 is 1.72 bits per heavy atom. The maximum atomic E-state index is 13.7. The lowest BCUT2D eigenvalue weighted by molar-refractivity contribution is 0.0538. The zero-order valence-electron chi connectivity index (χ0n) is 10.0. The van der Waals surface area contributed by atoms with Crippen molar-refractivity contribution >= 4 is 22.6 Å². The van der Waals surface area contributed by atoms with Crippen LogP contribution in [0.15, 0.2) is 48.5 Å². The number of hydrogen-bond acceptors (Lipinski definition) is 1. The standard InChI is InChI=1S/C15H14FIO/c1-15(18,13-4-2-3-5-14(13)16)10-11-6-8-12(17)9-7-11/h2-9,18H,10H2,1H3. The summed E-state index contributed by atoms with van der Waals surface area (Å²) in [5.41, 5.74) is 0.130. The second-order valence-corrected chi connectivity index (χ2v) is 5.80. The van der Waals surface area contributed by atoms with Crippen molar-refractivity contribution in [2.24, 2.45) is 0 Å². The molecule has 1 atom stereocenters. The maximum Gasteiger partial charge on any atom is 0.129 e. The van der Waals surface area contributed by atoms with E-state index >= 15 is 0 Å². The summed E-state index contributed by atoms with van der Waals surface area (Å²) in [5, 5.41) is 10.4. The average molecular weight is 356 g/mol. The Bertz CT molecular complexity index is 534. The van der Waals surface area contributed by atoms with E-state index in [1.54, 1.807) is 25.1 Å². The summed E-state index contributed by atoms with van der Waals surface area (Å²) in [4.78, 5) is 0. The Hall–Kier alpha value is -0.940. The first-order valence-corrected chi connectivity index (χ1v) is 6.79. The summed E-state index contributed by atoms with van der Waals surface area (Å²) >= 11 is 2.23. The number of halogens is 2. The molecule has 1 unspecified atom stereocenters. The van der Waals surface area contributed by atoms with Crippen LogP contribution in [0.25, 0.3) is 0 Å². The summed E-state index contributed by atoms with van der Waals surface area (Å²) in [7, 11) is 0. The van der Waals surface area contributed by atoms with Crippen molar-refractivity contribution < 1.29 is 9.50 Å². The molecule has 0 bridgehead atoms. The van der Waals surface area contributed by atoms with Gasteiger partial charge in [-0.05, 0) is 53.3 Å². The van der Waals surface area contributed by atoms with Gasteiger partial charge in [0.2, 0.25) is 0 Å². The Labute approximate surface area is 120 Å². The lowest BCUT2D eigenvalue weighted by Gasteiger charge is -2.24. The summed E-state index contributed by atoms with van der Waals surface area (Å²) in [6.45, 7) is 1.64. The van der Waals surface area contributed by atoms with Crippen LogP contribution in [-0.2, 0) is 12.0 Å². The van der Waals surface area contributed by atoms with Crippen LogP contribution < -0.4 is 0 Å². The Kier molecular flexibility index (Phi) is 4.02. The summed E-state index contributed by atoms with van der Waals surface area (Å²) in [6, 6.07) is 14.2. The third-order valence-electron chi connectivity index (χ3n) is 2.92. The molecule has 18 heavy (non-hydrogen) atoms. The van der Waals surface area contributed by atoms with Crippen LogP contribution >= 0.6 is 22.6 Å². The lowest BCUT2D eigenvalue weighted by Crippen LogP contribution is -2.25. The Morgan fingerprint density at radius 1 is 1.11 bits per heavy atom. The predicted octanol–water partition coefficient (Wildman–Crippen LogP) is 3.88. The van der Waals surface area contributed by atoms with Crippen LogP contribution in [0, 0.1) is 9.39 Å². The third kappa shape index (κ3) is 3.09. The van der Waals surface area contributed by atoms with Crippen molar-refractivity contribution in [3.05, 3.63) is 69.0 Å². The molecule has 2 rings (SSSR count). The van der Waals surface area contributed by atoms with E-state index in [9.17, 15) is 9.50 Å². The van der Waals surface area contributed by atoms with E-state index < -0.39 is 5.60 Å². The van der Waals surface area contributed by atoms with Gasteiger partial charge in [0.1, 0.15) is 5.82 Å². The molecular weight excluding hydrogens is 342 g/mol. The fourth-order valence-corrected chi connectivity index (χ4v) is 2.35. The highest BCUT2D eigenvalue weighted by molar-refractivity contribution is 14.1. The quantitative estimate of drug-likeness (QED) is 0.828. The van der Waals surface area contributed by atoms with Gasteiger partial charge in [-0.3, -0.25) is 0 Å². The SMILES string of the molecule is CC(O)(Cc1ccc(I)cc1)c1ccccc1F. The zero-order chi connectivity index (χ0) is 13.2. The summed E-state index contributed by atoms with van der Waals surface area (Å²) in [6.07, 6.45) is 0.394. The largest absolute Gasteiger partial charge is 0.385 e. The van der Waals surface area contributed by atoms with Gasteiger partial charge in [0, 0.05) is 15.6 Å². The topological polar surface area (TPSA) is 20.2 Å². The van der Waals surface area contributed by atoms with Crippen LogP contribution in [0.3, 0.4) is 0 Å². The number of hydrogen-bond donors (Lipinski definition) is 1. The summed E-state index contributed by atoms with van der Waals surface area (Å²) < 4.78 is 14.8. The number of benzene rings is 2. The zero-order valence-corrected chi connectivity index (χ0v) is 12.2. The molecule has 3 heteroatoms. The van der Waals surface area contributed by atoms with Gasteiger partial charge in [-0.25, -0.2) is 4.39 Å². The van der Waals surface area contributed by atoms with Gasteiger partial charge in [-0.1, -0.05) is 30.3 Å². The minimum absolute atomic E-state index is 0.337. The molecule has 0 spiro atoms. The highest BCUT2D eigenvalue weighted by Crippen LogP contribution is 2.27. The monoisotopic (exact) mass is 356 g/mol. The molecular formula is C15H14FIO. The van der Waals surface area contributed by atoms with Crippen LogP contribution in [0.5, 0.6) is 0 Å². The third-order valence-corrected chi connectivity index (χ3v) is 3.63. The molecule has 0 heterocycles. The molecule has 0 aliphatic heterocycles. The Balaban J connectivity index is 2.27. The molecule has 2 aromatic carbocycles. The molecule has 0 aliphatic carbocycles. The fourth-order valence-electron chi connectivity index (χ4n) is 1.99. The van der Waals surface area contributed by atoms with Crippen molar-refractivity contribution in [3.8, 4) is 0 Å². The van der Waals surface area contributed by atoms with Gasteiger partial charge in [-0.15, -0.1) is 0 Å². The van der Waals surface area contributed by atoms with Gasteiger partial charge in [0.15, 0.2) is 0 Å². The van der Waals surface area contributed by atoms with Gasteiger partial charge >= 0.3 is 0 Å². The molecule has 1 N–H and O–H groups in total. The molecule has 0 radical (unpaired) electrons. The molecule has 0 saturated heterocycles. The number of rotatable bonds is 3. The van der Waals surface area contributed by atoms with E-state index in [0.717, 1.165) is 9.13 Å². The first-order chi connectivity index (χ1) is 8.49. The molecule has 0 aromatic heterocycles. The van der Waals surface area contributed by atoms with Crippen LogP contribution in [0.1, 0.15) is 18.1 Å². The van der Waals surface area contributed by atoms with Crippen molar-refractivity contribution in [2.45, 2.75) is 18.9 Å². The van der Waals surface area contributed by atoms with Crippen molar-refractivity contribution in [2.75, 3.05) is 0 Å². The highest BCUT2D eigenvalue weighted by Gasteiger charge is 2.26. The van der Waals surface area contributed by atoms with Crippen molar-refractivity contribution in [3.63, 3.8) is 0 Å². The van der Waals surface area contributed by atoms with E-state index in [2.05, 4.69) is 22.6 Å². The van der Waals surface area contributed by atoms with Crippen LogP contribution in [-0.4, -0.2) is 5.11 Å². The normalized spacial score (nSPS) is 14.2. The van der Waals surface area contributed by atoms with E-state index in [1.165, 1.54) is 6.07 Å². The smallest absolute Gasteiger partial charge is 0.129 e. The van der Waals surface area contributed by atoms with Gasteiger partial charge < -0.3 is 5.11 Å². The molecule has 0 saturated carbocycles. The maximum absolute atomic E-state index is 13.7.